The Bertz CT molecular complexity index is 514. The molecule has 0 heterocycles. The van der Waals surface area contributed by atoms with Crippen LogP contribution in [0.3, 0.4) is 0 Å². The molecular weight excluding hydrogens is 261 g/mol. The second kappa shape index (κ2) is 6.03. The van der Waals surface area contributed by atoms with Crippen LogP contribution in [-0.2, 0) is 9.59 Å². The predicted octanol–water partition coefficient (Wildman–Crippen LogP) is 2.39. The van der Waals surface area contributed by atoms with Crippen molar-refractivity contribution in [2.45, 2.75) is 38.1 Å². The van der Waals surface area contributed by atoms with Crippen molar-refractivity contribution in [2.75, 3.05) is 6.54 Å². The lowest BCUT2D eigenvalue weighted by Crippen LogP contribution is -2.38. The van der Waals surface area contributed by atoms with Crippen LogP contribution in [0.1, 0.15) is 37.7 Å². The number of benzene rings is 1. The first kappa shape index (κ1) is 14.5. The van der Waals surface area contributed by atoms with Crippen molar-refractivity contribution in [2.24, 2.45) is 0 Å². The predicted molar refractivity (Wildman–Crippen MR) is 71.8 cm³/mol. The molecule has 0 radical (unpaired) electrons. The lowest BCUT2D eigenvalue weighted by molar-refractivity contribution is -0.145. The maximum Gasteiger partial charge on any atom is 0.323 e. The zero-order chi connectivity index (χ0) is 14.7. The van der Waals surface area contributed by atoms with Crippen molar-refractivity contribution in [3.8, 4) is 0 Å². The minimum Gasteiger partial charge on any atom is -0.480 e. The maximum atomic E-state index is 13.7. The zero-order valence-electron chi connectivity index (χ0n) is 11.4. The second-order valence-corrected chi connectivity index (χ2v) is 5.27. The fraction of sp³-hybridized carbons (Fsp3) is 0.467. The molecule has 1 aliphatic rings. The number of hydrogen-bond acceptors (Lipinski definition) is 2. The third-order valence-electron chi connectivity index (χ3n) is 3.53. The molecule has 20 heavy (non-hydrogen) atoms. The van der Waals surface area contributed by atoms with Crippen LogP contribution in [0, 0.1) is 5.82 Å². The number of carbonyl (C=O) groups is 2. The number of halogens is 1. The van der Waals surface area contributed by atoms with Gasteiger partial charge in [0.15, 0.2) is 0 Å². The van der Waals surface area contributed by atoms with E-state index in [0.29, 0.717) is 5.56 Å². The number of rotatable bonds is 6. The fourth-order valence-corrected chi connectivity index (χ4v) is 2.32. The maximum absolute atomic E-state index is 13.7. The number of amides is 1. The summed E-state index contributed by atoms with van der Waals surface area (Å²) in [6, 6.07) is 6.41. The number of hydrogen-bond donors (Lipinski definition) is 1. The Morgan fingerprint density at radius 1 is 1.40 bits per heavy atom. The molecule has 4 nitrogen and oxygen atoms in total. The number of nitrogens with zero attached hydrogens (tertiary/aromatic N) is 1. The van der Waals surface area contributed by atoms with Crippen molar-refractivity contribution in [3.63, 3.8) is 0 Å². The van der Waals surface area contributed by atoms with Crippen LogP contribution in [0.4, 0.5) is 4.39 Å². The molecule has 108 valence electrons. The zero-order valence-corrected chi connectivity index (χ0v) is 11.4. The van der Waals surface area contributed by atoms with E-state index in [-0.39, 0.29) is 36.6 Å². The molecule has 0 bridgehead atoms. The smallest absolute Gasteiger partial charge is 0.323 e. The number of carboxylic acids is 1. The van der Waals surface area contributed by atoms with Gasteiger partial charge in [0.1, 0.15) is 12.4 Å². The lowest BCUT2D eigenvalue weighted by Gasteiger charge is -2.22. The van der Waals surface area contributed by atoms with Gasteiger partial charge in [-0.25, -0.2) is 4.39 Å². The summed E-state index contributed by atoms with van der Waals surface area (Å²) in [5.74, 6) is -1.82. The average Bonchev–Trinajstić information content (AvgIpc) is 3.20. The molecule has 1 amide bonds. The Hall–Kier alpha value is -1.91. The topological polar surface area (TPSA) is 57.6 Å². The molecule has 0 aliphatic heterocycles. The highest BCUT2D eigenvalue weighted by atomic mass is 19.1. The molecule has 0 aromatic heterocycles. The fourth-order valence-electron chi connectivity index (χ4n) is 2.32. The summed E-state index contributed by atoms with van der Waals surface area (Å²) in [6.45, 7) is 1.51. The second-order valence-electron chi connectivity index (χ2n) is 5.27. The number of carboxylic acid groups (broad SMARTS) is 1. The Morgan fingerprint density at radius 2 is 2.05 bits per heavy atom. The Kier molecular flexibility index (Phi) is 4.37. The number of carbonyl (C=O) groups excluding carboxylic acids is 1. The van der Waals surface area contributed by atoms with Crippen molar-refractivity contribution in [1.82, 2.24) is 4.90 Å². The normalized spacial score (nSPS) is 15.7. The molecule has 1 aromatic rings. The first-order valence-corrected chi connectivity index (χ1v) is 6.74. The molecule has 2 rings (SSSR count). The van der Waals surface area contributed by atoms with E-state index in [0.717, 1.165) is 12.8 Å². The Balaban J connectivity index is 2.02. The SMILES string of the molecule is C[C@@H](CC(=O)N(CC(=O)O)C1CC1)c1ccccc1F. The summed E-state index contributed by atoms with van der Waals surface area (Å²) in [5.41, 5.74) is 0.493. The molecule has 1 aliphatic carbocycles. The molecule has 1 fully saturated rings. The molecule has 1 N–H and O–H groups in total. The molecule has 1 saturated carbocycles. The standard InChI is InChI=1S/C15H18FNO3/c1-10(12-4-2-3-5-13(12)16)8-14(18)17(9-15(19)20)11-6-7-11/h2-5,10-11H,6-9H2,1H3,(H,19,20)/t10-/m0/s1. The van der Waals surface area contributed by atoms with Gasteiger partial charge in [-0.3, -0.25) is 9.59 Å². The van der Waals surface area contributed by atoms with Crippen LogP contribution in [-0.4, -0.2) is 34.5 Å². The third-order valence-corrected chi connectivity index (χ3v) is 3.53. The Morgan fingerprint density at radius 3 is 2.60 bits per heavy atom. The summed E-state index contributed by atoms with van der Waals surface area (Å²) in [7, 11) is 0. The largest absolute Gasteiger partial charge is 0.480 e. The molecule has 0 unspecified atom stereocenters. The van der Waals surface area contributed by atoms with E-state index in [1.165, 1.54) is 11.0 Å². The van der Waals surface area contributed by atoms with Gasteiger partial charge in [-0.15, -0.1) is 0 Å². The molecule has 0 spiro atoms. The van der Waals surface area contributed by atoms with Crippen LogP contribution >= 0.6 is 0 Å². The van der Waals surface area contributed by atoms with E-state index in [4.69, 9.17) is 5.11 Å². The number of aliphatic carboxylic acids is 1. The van der Waals surface area contributed by atoms with Crippen LogP contribution in [0.2, 0.25) is 0 Å². The quantitative estimate of drug-likeness (QED) is 0.870. The molecular formula is C15H18FNO3. The molecule has 1 atom stereocenters. The van der Waals surface area contributed by atoms with Crippen molar-refractivity contribution >= 4 is 11.9 Å². The van der Waals surface area contributed by atoms with Gasteiger partial charge in [-0.1, -0.05) is 25.1 Å². The minimum atomic E-state index is -1.01. The van der Waals surface area contributed by atoms with Gasteiger partial charge < -0.3 is 10.0 Å². The Labute approximate surface area is 117 Å². The summed E-state index contributed by atoms with van der Waals surface area (Å²) in [4.78, 5) is 24.4. The minimum absolute atomic E-state index is 0.0476. The highest BCUT2D eigenvalue weighted by Gasteiger charge is 2.34. The van der Waals surface area contributed by atoms with Crippen LogP contribution in [0.5, 0.6) is 0 Å². The van der Waals surface area contributed by atoms with Gasteiger partial charge in [-0.2, -0.15) is 0 Å². The van der Waals surface area contributed by atoms with Crippen molar-refractivity contribution in [1.29, 1.82) is 0 Å². The van der Waals surface area contributed by atoms with E-state index in [1.807, 2.05) is 0 Å². The van der Waals surface area contributed by atoms with E-state index in [1.54, 1.807) is 25.1 Å². The van der Waals surface area contributed by atoms with Crippen LogP contribution in [0.25, 0.3) is 0 Å². The van der Waals surface area contributed by atoms with Gasteiger partial charge >= 0.3 is 5.97 Å². The highest BCUT2D eigenvalue weighted by Crippen LogP contribution is 2.29. The molecule has 1 aromatic carbocycles. The average molecular weight is 279 g/mol. The lowest BCUT2D eigenvalue weighted by atomic mass is 9.96. The van der Waals surface area contributed by atoms with E-state index < -0.39 is 5.97 Å². The molecule has 0 saturated heterocycles. The van der Waals surface area contributed by atoms with Gasteiger partial charge in [0.2, 0.25) is 5.91 Å². The van der Waals surface area contributed by atoms with Gasteiger partial charge in [0.05, 0.1) is 0 Å². The summed E-state index contributed by atoms with van der Waals surface area (Å²) < 4.78 is 13.7. The molecule has 5 heteroatoms. The summed E-state index contributed by atoms with van der Waals surface area (Å²) in [5, 5.41) is 8.85. The van der Waals surface area contributed by atoms with E-state index in [9.17, 15) is 14.0 Å². The third kappa shape index (κ3) is 3.56. The van der Waals surface area contributed by atoms with Crippen molar-refractivity contribution < 1.29 is 19.1 Å². The van der Waals surface area contributed by atoms with E-state index >= 15 is 0 Å². The van der Waals surface area contributed by atoms with Gasteiger partial charge in [0, 0.05) is 12.5 Å². The summed E-state index contributed by atoms with van der Waals surface area (Å²) >= 11 is 0. The highest BCUT2D eigenvalue weighted by molar-refractivity contribution is 5.82. The summed E-state index contributed by atoms with van der Waals surface area (Å²) in [6.07, 6.45) is 1.84. The van der Waals surface area contributed by atoms with Gasteiger partial charge in [0.25, 0.3) is 0 Å². The van der Waals surface area contributed by atoms with Crippen molar-refractivity contribution in [3.05, 3.63) is 35.6 Å². The first-order chi connectivity index (χ1) is 9.49. The van der Waals surface area contributed by atoms with E-state index in [2.05, 4.69) is 0 Å². The van der Waals surface area contributed by atoms with Crippen LogP contribution in [0.15, 0.2) is 24.3 Å². The monoisotopic (exact) mass is 279 g/mol. The van der Waals surface area contributed by atoms with Gasteiger partial charge in [-0.05, 0) is 30.4 Å². The van der Waals surface area contributed by atoms with Crippen LogP contribution < -0.4 is 0 Å². The first-order valence-electron chi connectivity index (χ1n) is 6.74.